The highest BCUT2D eigenvalue weighted by Gasteiger charge is 2.28. The van der Waals surface area contributed by atoms with Crippen LogP contribution in [0.4, 0.5) is 0 Å². The number of ether oxygens (including phenoxy) is 1. The predicted octanol–water partition coefficient (Wildman–Crippen LogP) is 2.53. The standard InChI is InChI=1S/C13H19BrO4S/c1-13(2,3)19(16,17)7-6-18-12-5-4-10(9-15)8-11(12)14/h4-5,8,15H,6-7,9H2,1-3H3. The highest BCUT2D eigenvalue weighted by Crippen LogP contribution is 2.26. The molecule has 0 aliphatic heterocycles. The summed E-state index contributed by atoms with van der Waals surface area (Å²) in [7, 11) is -3.17. The van der Waals surface area contributed by atoms with Gasteiger partial charge in [0.1, 0.15) is 12.4 Å². The molecule has 1 aromatic carbocycles. The molecule has 0 aliphatic rings. The molecule has 108 valence electrons. The van der Waals surface area contributed by atoms with Gasteiger partial charge in [0.05, 0.1) is 21.6 Å². The largest absolute Gasteiger partial charge is 0.491 e. The van der Waals surface area contributed by atoms with Crippen molar-refractivity contribution in [2.45, 2.75) is 32.1 Å². The second-order valence-corrected chi connectivity index (χ2v) is 8.92. The van der Waals surface area contributed by atoms with Crippen molar-refractivity contribution in [1.29, 1.82) is 0 Å². The second kappa shape index (κ2) is 6.24. The zero-order valence-electron chi connectivity index (χ0n) is 11.3. The first-order valence-electron chi connectivity index (χ1n) is 5.92. The molecule has 1 N–H and O–H groups in total. The third-order valence-corrected chi connectivity index (χ3v) is 5.91. The van der Waals surface area contributed by atoms with Gasteiger partial charge in [-0.05, 0) is 54.4 Å². The van der Waals surface area contributed by atoms with Gasteiger partial charge in [-0.25, -0.2) is 8.42 Å². The quantitative estimate of drug-likeness (QED) is 0.886. The topological polar surface area (TPSA) is 63.6 Å². The zero-order chi connectivity index (χ0) is 14.7. The Balaban J connectivity index is 2.64. The number of aliphatic hydroxyl groups is 1. The zero-order valence-corrected chi connectivity index (χ0v) is 13.7. The molecule has 0 bridgehead atoms. The van der Waals surface area contributed by atoms with E-state index in [1.165, 1.54) is 0 Å². The van der Waals surface area contributed by atoms with E-state index in [1.54, 1.807) is 39.0 Å². The van der Waals surface area contributed by atoms with E-state index in [0.29, 0.717) is 10.2 Å². The van der Waals surface area contributed by atoms with Gasteiger partial charge in [0.2, 0.25) is 0 Å². The lowest BCUT2D eigenvalue weighted by Crippen LogP contribution is -2.32. The van der Waals surface area contributed by atoms with Gasteiger partial charge in [-0.1, -0.05) is 6.07 Å². The number of benzene rings is 1. The highest BCUT2D eigenvalue weighted by molar-refractivity contribution is 9.10. The first kappa shape index (κ1) is 16.5. The van der Waals surface area contributed by atoms with Crippen LogP contribution in [0.25, 0.3) is 0 Å². The third-order valence-electron chi connectivity index (χ3n) is 2.72. The molecule has 1 aromatic rings. The van der Waals surface area contributed by atoms with Gasteiger partial charge in [-0.2, -0.15) is 0 Å². The van der Waals surface area contributed by atoms with Crippen molar-refractivity contribution in [3.8, 4) is 5.75 Å². The van der Waals surface area contributed by atoms with E-state index >= 15 is 0 Å². The summed E-state index contributed by atoms with van der Waals surface area (Å²) in [6.45, 7) is 5.09. The van der Waals surface area contributed by atoms with E-state index in [2.05, 4.69) is 15.9 Å². The van der Waals surface area contributed by atoms with Crippen LogP contribution in [-0.4, -0.2) is 30.6 Å². The fraction of sp³-hybridized carbons (Fsp3) is 0.538. The summed E-state index contributed by atoms with van der Waals surface area (Å²) in [5, 5.41) is 8.98. The molecular formula is C13H19BrO4S. The van der Waals surface area contributed by atoms with Crippen molar-refractivity contribution >= 4 is 25.8 Å². The van der Waals surface area contributed by atoms with Crippen molar-refractivity contribution in [2.75, 3.05) is 12.4 Å². The van der Waals surface area contributed by atoms with Gasteiger partial charge < -0.3 is 9.84 Å². The van der Waals surface area contributed by atoms with Crippen LogP contribution in [0.5, 0.6) is 5.75 Å². The molecule has 6 heteroatoms. The summed E-state index contributed by atoms with van der Waals surface area (Å²) in [6.07, 6.45) is 0. The first-order valence-corrected chi connectivity index (χ1v) is 8.36. The molecule has 0 fully saturated rings. The summed E-state index contributed by atoms with van der Waals surface area (Å²) in [5.41, 5.74) is 0.765. The first-order chi connectivity index (χ1) is 8.67. The minimum atomic E-state index is -3.17. The van der Waals surface area contributed by atoms with E-state index in [9.17, 15) is 8.42 Å². The van der Waals surface area contributed by atoms with Gasteiger partial charge >= 0.3 is 0 Å². The second-order valence-electron chi connectivity index (χ2n) is 5.20. The summed E-state index contributed by atoms with van der Waals surface area (Å²) in [6, 6.07) is 5.19. The van der Waals surface area contributed by atoms with Gasteiger partial charge in [0, 0.05) is 0 Å². The number of aliphatic hydroxyl groups excluding tert-OH is 1. The smallest absolute Gasteiger partial charge is 0.158 e. The van der Waals surface area contributed by atoms with Crippen LogP contribution in [-0.2, 0) is 16.4 Å². The lowest BCUT2D eigenvalue weighted by atomic mass is 10.2. The molecular weight excluding hydrogens is 332 g/mol. The van der Waals surface area contributed by atoms with Gasteiger partial charge in [0.25, 0.3) is 0 Å². The van der Waals surface area contributed by atoms with E-state index in [1.807, 2.05) is 0 Å². The number of halogens is 1. The monoisotopic (exact) mass is 350 g/mol. The van der Waals surface area contributed by atoms with E-state index < -0.39 is 14.6 Å². The highest BCUT2D eigenvalue weighted by atomic mass is 79.9. The van der Waals surface area contributed by atoms with Crippen molar-refractivity contribution in [2.24, 2.45) is 0 Å². The van der Waals surface area contributed by atoms with Crippen LogP contribution in [0.2, 0.25) is 0 Å². The summed E-state index contributed by atoms with van der Waals surface area (Å²) >= 11 is 3.32. The average molecular weight is 351 g/mol. The average Bonchev–Trinajstić information content (AvgIpc) is 2.29. The van der Waals surface area contributed by atoms with Crippen molar-refractivity contribution in [1.82, 2.24) is 0 Å². The molecule has 1 rings (SSSR count). The van der Waals surface area contributed by atoms with Crippen LogP contribution in [0.15, 0.2) is 22.7 Å². The molecule has 0 aromatic heterocycles. The van der Waals surface area contributed by atoms with Crippen molar-refractivity contribution in [3.63, 3.8) is 0 Å². The number of hydrogen-bond donors (Lipinski definition) is 1. The molecule has 0 amide bonds. The van der Waals surface area contributed by atoms with E-state index in [4.69, 9.17) is 9.84 Å². The fourth-order valence-corrected chi connectivity index (χ4v) is 2.78. The Morgan fingerprint density at radius 1 is 1.32 bits per heavy atom. The summed E-state index contributed by atoms with van der Waals surface area (Å²) in [4.78, 5) is 0. The maximum absolute atomic E-state index is 11.9. The van der Waals surface area contributed by atoms with Crippen LogP contribution in [0.3, 0.4) is 0 Å². The maximum Gasteiger partial charge on any atom is 0.158 e. The minimum absolute atomic E-state index is 0.0231. The number of sulfone groups is 1. The molecule has 0 radical (unpaired) electrons. The van der Waals surface area contributed by atoms with Crippen LogP contribution >= 0.6 is 15.9 Å². The van der Waals surface area contributed by atoms with Gasteiger partial charge in [-0.3, -0.25) is 0 Å². The normalized spacial score (nSPS) is 12.5. The molecule has 4 nitrogen and oxygen atoms in total. The Morgan fingerprint density at radius 2 is 1.95 bits per heavy atom. The Morgan fingerprint density at radius 3 is 2.42 bits per heavy atom. The summed E-state index contributed by atoms with van der Waals surface area (Å²) < 4.78 is 29.2. The SMILES string of the molecule is CC(C)(C)S(=O)(=O)CCOc1ccc(CO)cc1Br. The Bertz CT molecular complexity index is 532. The lowest BCUT2D eigenvalue weighted by molar-refractivity contribution is 0.281. The molecule has 0 aliphatic carbocycles. The lowest BCUT2D eigenvalue weighted by Gasteiger charge is -2.19. The van der Waals surface area contributed by atoms with Crippen LogP contribution < -0.4 is 4.74 Å². The molecule has 0 unspecified atom stereocenters. The maximum atomic E-state index is 11.9. The molecule has 0 saturated heterocycles. The molecule has 0 heterocycles. The Hall–Kier alpha value is -0.590. The third kappa shape index (κ3) is 4.47. The fourth-order valence-electron chi connectivity index (χ4n) is 1.33. The Labute approximate surface area is 122 Å². The van der Waals surface area contributed by atoms with Crippen molar-refractivity contribution in [3.05, 3.63) is 28.2 Å². The minimum Gasteiger partial charge on any atom is -0.491 e. The molecule has 0 saturated carbocycles. The molecule has 0 atom stereocenters. The van der Waals surface area contributed by atoms with Gasteiger partial charge in [-0.15, -0.1) is 0 Å². The molecule has 19 heavy (non-hydrogen) atoms. The van der Waals surface area contributed by atoms with Crippen molar-refractivity contribution < 1.29 is 18.3 Å². The van der Waals surface area contributed by atoms with E-state index in [-0.39, 0.29) is 19.0 Å². The Kier molecular flexibility index (Phi) is 5.41. The summed E-state index contributed by atoms with van der Waals surface area (Å²) in [5.74, 6) is 0.548. The van der Waals surface area contributed by atoms with E-state index in [0.717, 1.165) is 5.56 Å². The van der Waals surface area contributed by atoms with Crippen LogP contribution in [0, 0.1) is 0 Å². The number of rotatable bonds is 5. The molecule has 0 spiro atoms. The van der Waals surface area contributed by atoms with Gasteiger partial charge in [0.15, 0.2) is 9.84 Å². The predicted molar refractivity (Wildman–Crippen MR) is 79.1 cm³/mol. The van der Waals surface area contributed by atoms with Crippen LogP contribution in [0.1, 0.15) is 26.3 Å². The number of hydrogen-bond acceptors (Lipinski definition) is 4.